The Labute approximate surface area is 207 Å². The fourth-order valence-electron chi connectivity index (χ4n) is 3.70. The monoisotopic (exact) mass is 550 g/mol. The Morgan fingerprint density at radius 1 is 1.33 bits per heavy atom. The number of Topliss-reactive ketones (excluding diaryl/α,β-unsaturated/α-hetero) is 1. The number of thioether (sulfide) groups is 1. The number of halogens is 1. The van der Waals surface area contributed by atoms with Gasteiger partial charge in [-0.2, -0.15) is 0 Å². The predicted molar refractivity (Wildman–Crippen MR) is 133 cm³/mol. The molecule has 10 heteroatoms. The van der Waals surface area contributed by atoms with Crippen LogP contribution in [0.4, 0.5) is 0 Å². The summed E-state index contributed by atoms with van der Waals surface area (Å²) in [7, 11) is 0. The number of aromatic nitrogens is 2. The van der Waals surface area contributed by atoms with Gasteiger partial charge in [-0.25, -0.2) is 9.78 Å². The van der Waals surface area contributed by atoms with Gasteiger partial charge < -0.3 is 9.47 Å². The fourth-order valence-corrected chi connectivity index (χ4v) is 5.99. The molecule has 2 aromatic heterocycles. The van der Waals surface area contributed by atoms with Crippen molar-refractivity contribution in [1.29, 1.82) is 0 Å². The van der Waals surface area contributed by atoms with Crippen LogP contribution in [-0.2, 0) is 16.0 Å². The van der Waals surface area contributed by atoms with Crippen molar-refractivity contribution in [2.24, 2.45) is 0 Å². The molecule has 7 nitrogen and oxygen atoms in total. The lowest BCUT2D eigenvalue weighted by Crippen LogP contribution is -2.29. The molecular weight excluding hydrogens is 528 g/mol. The SMILES string of the molecule is CCOC(=O)c1sc2nc(SCC(=O)c3ccc(Br)cc3)n(C[C@H]3CCCO3)c(=O)c2c1C. The highest BCUT2D eigenvalue weighted by atomic mass is 79.9. The van der Waals surface area contributed by atoms with Crippen LogP contribution in [0.5, 0.6) is 0 Å². The van der Waals surface area contributed by atoms with Crippen molar-refractivity contribution in [3.8, 4) is 0 Å². The lowest BCUT2D eigenvalue weighted by atomic mass is 10.2. The van der Waals surface area contributed by atoms with E-state index in [1.54, 1.807) is 30.5 Å². The first-order chi connectivity index (χ1) is 15.9. The Morgan fingerprint density at radius 3 is 2.76 bits per heavy atom. The van der Waals surface area contributed by atoms with Crippen molar-refractivity contribution < 1.29 is 19.1 Å². The summed E-state index contributed by atoms with van der Waals surface area (Å²) in [5, 5.41) is 0.870. The van der Waals surface area contributed by atoms with Crippen LogP contribution in [0.1, 0.15) is 45.4 Å². The molecule has 0 saturated carbocycles. The summed E-state index contributed by atoms with van der Waals surface area (Å²) in [6.07, 6.45) is 1.74. The molecule has 1 aromatic carbocycles. The lowest BCUT2D eigenvalue weighted by molar-refractivity contribution is 0.0531. The van der Waals surface area contributed by atoms with E-state index in [0.29, 0.717) is 44.5 Å². The number of esters is 1. The van der Waals surface area contributed by atoms with E-state index in [1.165, 1.54) is 11.8 Å². The molecule has 0 radical (unpaired) electrons. The van der Waals surface area contributed by atoms with Gasteiger partial charge in [-0.05, 0) is 44.4 Å². The Morgan fingerprint density at radius 2 is 2.09 bits per heavy atom. The molecule has 33 heavy (non-hydrogen) atoms. The number of thiophene rings is 1. The minimum Gasteiger partial charge on any atom is -0.462 e. The Bertz CT molecular complexity index is 1250. The van der Waals surface area contributed by atoms with E-state index < -0.39 is 5.97 Å². The number of fused-ring (bicyclic) bond motifs is 1. The second kappa shape index (κ2) is 10.5. The van der Waals surface area contributed by atoms with E-state index >= 15 is 0 Å². The Hall–Kier alpha value is -2.01. The van der Waals surface area contributed by atoms with Crippen molar-refractivity contribution >= 4 is 61.0 Å². The highest BCUT2D eigenvalue weighted by Gasteiger charge is 2.25. The maximum atomic E-state index is 13.5. The number of benzene rings is 1. The van der Waals surface area contributed by atoms with Gasteiger partial charge in [0.2, 0.25) is 0 Å². The van der Waals surface area contributed by atoms with Crippen molar-refractivity contribution in [2.75, 3.05) is 19.0 Å². The molecule has 0 N–H and O–H groups in total. The van der Waals surface area contributed by atoms with Crippen molar-refractivity contribution in [3.05, 3.63) is 55.1 Å². The minimum absolute atomic E-state index is 0.0555. The zero-order valence-electron chi connectivity index (χ0n) is 18.3. The second-order valence-corrected chi connectivity index (χ2v) is 10.5. The number of carbonyl (C=O) groups excluding carboxylic acids is 2. The summed E-state index contributed by atoms with van der Waals surface area (Å²) >= 11 is 5.75. The normalized spacial score (nSPS) is 15.8. The molecule has 0 aliphatic carbocycles. The zero-order valence-corrected chi connectivity index (χ0v) is 21.5. The number of carbonyl (C=O) groups is 2. The van der Waals surface area contributed by atoms with E-state index in [9.17, 15) is 14.4 Å². The smallest absolute Gasteiger partial charge is 0.348 e. The summed E-state index contributed by atoms with van der Waals surface area (Å²) in [6.45, 7) is 4.77. The van der Waals surface area contributed by atoms with Crippen molar-refractivity contribution in [1.82, 2.24) is 9.55 Å². The molecule has 4 rings (SSSR count). The average molecular weight is 551 g/mol. The third-order valence-corrected chi connectivity index (χ3v) is 8.06. The first-order valence-electron chi connectivity index (χ1n) is 10.6. The minimum atomic E-state index is -0.456. The topological polar surface area (TPSA) is 87.5 Å². The van der Waals surface area contributed by atoms with Gasteiger partial charge in [-0.1, -0.05) is 39.8 Å². The van der Waals surface area contributed by atoms with Crippen molar-refractivity contribution in [3.63, 3.8) is 0 Å². The van der Waals surface area contributed by atoms with Crippen LogP contribution in [-0.4, -0.2) is 46.4 Å². The molecular formula is C23H23BrN2O5S2. The third-order valence-electron chi connectivity index (χ3n) is 5.38. The highest BCUT2D eigenvalue weighted by Crippen LogP contribution is 2.30. The van der Waals surface area contributed by atoms with Gasteiger partial charge in [0.05, 0.1) is 30.4 Å². The van der Waals surface area contributed by atoms with Gasteiger partial charge in [0, 0.05) is 16.6 Å². The number of ketones is 1. The molecule has 0 bridgehead atoms. The van der Waals surface area contributed by atoms with Gasteiger partial charge in [0.15, 0.2) is 10.9 Å². The molecule has 1 aliphatic heterocycles. The standard InChI is InChI=1S/C23H23BrN2O5S2/c1-3-30-22(29)19-13(2)18-20(33-19)25-23(26(21(18)28)11-16-5-4-10-31-16)32-12-17(27)14-6-8-15(24)9-7-14/h6-9,16H,3-5,10-12H2,1-2H3/t16-/m1/s1. The quantitative estimate of drug-likeness (QED) is 0.171. The number of ether oxygens (including phenoxy) is 2. The molecule has 3 aromatic rings. The van der Waals surface area contributed by atoms with E-state index in [4.69, 9.17) is 14.5 Å². The van der Waals surface area contributed by atoms with E-state index in [1.807, 2.05) is 12.1 Å². The summed E-state index contributed by atoms with van der Waals surface area (Å²) in [6, 6.07) is 7.16. The zero-order chi connectivity index (χ0) is 23.5. The summed E-state index contributed by atoms with van der Waals surface area (Å²) in [4.78, 5) is 44.2. The van der Waals surface area contributed by atoms with Crippen LogP contribution in [0.25, 0.3) is 10.2 Å². The third kappa shape index (κ3) is 5.24. The Balaban J connectivity index is 1.70. The van der Waals surface area contributed by atoms with Crippen molar-refractivity contribution in [2.45, 2.75) is 44.5 Å². The summed E-state index contributed by atoms with van der Waals surface area (Å²) in [5.41, 5.74) is 0.948. The van der Waals surface area contributed by atoms with Crippen LogP contribution >= 0.6 is 39.0 Å². The van der Waals surface area contributed by atoms with Crippen LogP contribution in [0.3, 0.4) is 0 Å². The predicted octanol–water partition coefficient (Wildman–Crippen LogP) is 4.86. The highest BCUT2D eigenvalue weighted by molar-refractivity contribution is 9.10. The fraction of sp³-hybridized carbons (Fsp3) is 0.391. The van der Waals surface area contributed by atoms with Crippen LogP contribution in [0.2, 0.25) is 0 Å². The number of nitrogens with zero attached hydrogens (tertiary/aromatic N) is 2. The van der Waals surface area contributed by atoms with Gasteiger partial charge >= 0.3 is 5.97 Å². The van der Waals surface area contributed by atoms with E-state index in [2.05, 4.69) is 15.9 Å². The molecule has 1 saturated heterocycles. The van der Waals surface area contributed by atoms with Gasteiger partial charge in [-0.15, -0.1) is 11.3 Å². The number of hydrogen-bond acceptors (Lipinski definition) is 8. The molecule has 174 valence electrons. The largest absolute Gasteiger partial charge is 0.462 e. The molecule has 0 unspecified atom stereocenters. The van der Waals surface area contributed by atoms with Crippen LogP contribution in [0, 0.1) is 6.92 Å². The van der Waals surface area contributed by atoms with E-state index in [-0.39, 0.29) is 29.8 Å². The maximum Gasteiger partial charge on any atom is 0.348 e. The van der Waals surface area contributed by atoms with Gasteiger partial charge in [0.1, 0.15) is 9.71 Å². The number of rotatable bonds is 8. The van der Waals surface area contributed by atoms with E-state index in [0.717, 1.165) is 28.7 Å². The molecule has 0 amide bonds. The molecule has 1 aliphatic rings. The first kappa shape index (κ1) is 24.1. The van der Waals surface area contributed by atoms with Gasteiger partial charge in [0.25, 0.3) is 5.56 Å². The Kier molecular flexibility index (Phi) is 7.68. The second-order valence-electron chi connectivity index (χ2n) is 7.62. The molecule has 0 spiro atoms. The number of aryl methyl sites for hydroxylation is 1. The molecule has 3 heterocycles. The van der Waals surface area contributed by atoms with Gasteiger partial charge in [-0.3, -0.25) is 14.2 Å². The first-order valence-corrected chi connectivity index (χ1v) is 13.2. The summed E-state index contributed by atoms with van der Waals surface area (Å²) in [5.74, 6) is -0.372. The van der Waals surface area contributed by atoms with Crippen LogP contribution < -0.4 is 5.56 Å². The molecule has 1 atom stereocenters. The maximum absolute atomic E-state index is 13.5. The summed E-state index contributed by atoms with van der Waals surface area (Å²) < 4.78 is 13.4. The average Bonchev–Trinajstić information content (AvgIpc) is 3.42. The molecule has 1 fully saturated rings. The number of hydrogen-bond donors (Lipinski definition) is 0. The lowest BCUT2D eigenvalue weighted by Gasteiger charge is -2.15. The van der Waals surface area contributed by atoms with Crippen LogP contribution in [0.15, 0.2) is 38.7 Å².